The van der Waals surface area contributed by atoms with Gasteiger partial charge in [-0.25, -0.2) is 13.6 Å². The van der Waals surface area contributed by atoms with E-state index in [-0.39, 0.29) is 18.0 Å². The van der Waals surface area contributed by atoms with Crippen LogP contribution in [0.25, 0.3) is 0 Å². The van der Waals surface area contributed by atoms with Gasteiger partial charge in [0.15, 0.2) is 11.6 Å². The summed E-state index contributed by atoms with van der Waals surface area (Å²) in [5.74, 6) is -1.84. The zero-order valence-electron chi connectivity index (χ0n) is 17.2. The first-order valence-corrected chi connectivity index (χ1v) is 11.0. The number of hydrogen-bond donors (Lipinski definition) is 3. The maximum absolute atomic E-state index is 13.4. The molecule has 2 aromatic rings. The summed E-state index contributed by atoms with van der Waals surface area (Å²) in [5, 5.41) is 10.1. The van der Waals surface area contributed by atoms with E-state index in [9.17, 15) is 18.4 Å². The van der Waals surface area contributed by atoms with Crippen molar-refractivity contribution in [2.24, 2.45) is 0 Å². The summed E-state index contributed by atoms with van der Waals surface area (Å²) in [6, 6.07) is 5.33. The van der Waals surface area contributed by atoms with Crippen LogP contribution >= 0.6 is 11.3 Å². The quantitative estimate of drug-likeness (QED) is 0.575. The highest BCUT2D eigenvalue weighted by Crippen LogP contribution is 2.15. The largest absolute Gasteiger partial charge is 0.374 e. The Bertz CT molecular complexity index is 909. The molecule has 0 bridgehead atoms. The van der Waals surface area contributed by atoms with Crippen LogP contribution in [0.15, 0.2) is 29.6 Å². The van der Waals surface area contributed by atoms with Gasteiger partial charge in [-0.2, -0.15) is 0 Å². The minimum absolute atomic E-state index is 0.120. The molecule has 1 aliphatic rings. The van der Waals surface area contributed by atoms with Gasteiger partial charge in [0.25, 0.3) is 5.91 Å². The van der Waals surface area contributed by atoms with Gasteiger partial charge in [0, 0.05) is 39.3 Å². The average Bonchev–Trinajstić information content (AvgIpc) is 3.23. The highest BCUT2D eigenvalue weighted by Gasteiger charge is 2.21. The molecule has 1 aromatic heterocycles. The minimum atomic E-state index is -0.860. The third-order valence-electron chi connectivity index (χ3n) is 4.77. The molecular weight excluding hydrogens is 426 g/mol. The van der Waals surface area contributed by atoms with Crippen molar-refractivity contribution in [3.8, 4) is 0 Å². The fraction of sp³-hybridized carbons (Fsp3) is 0.429. The third kappa shape index (κ3) is 6.98. The number of ether oxygens (including phenoxy) is 1. The summed E-state index contributed by atoms with van der Waals surface area (Å²) >= 11 is 1.33. The summed E-state index contributed by atoms with van der Waals surface area (Å²) in [6.07, 6.45) is -0.199. The van der Waals surface area contributed by atoms with Crippen LogP contribution in [0.1, 0.15) is 27.7 Å². The van der Waals surface area contributed by atoms with E-state index < -0.39 is 11.6 Å². The van der Waals surface area contributed by atoms with E-state index in [1.54, 1.807) is 12.1 Å². The van der Waals surface area contributed by atoms with Gasteiger partial charge in [0.05, 0.1) is 17.6 Å². The fourth-order valence-corrected chi connectivity index (χ4v) is 4.06. The Labute approximate surface area is 183 Å². The number of carbonyl (C=O) groups excluding carboxylic acids is 2. The molecule has 2 heterocycles. The fourth-order valence-electron chi connectivity index (χ4n) is 3.23. The number of thiophene rings is 1. The number of rotatable bonds is 8. The third-order valence-corrected chi connectivity index (χ3v) is 5.75. The molecule has 1 atom stereocenters. The SMILES string of the molecule is CCNC(=O)c1cc(CNC(=O)NC[C@H]2CN(Cc3ccc(F)c(F)c3)CCO2)cs1. The van der Waals surface area contributed by atoms with E-state index in [4.69, 9.17) is 4.74 Å². The van der Waals surface area contributed by atoms with Gasteiger partial charge in [0.1, 0.15) is 0 Å². The van der Waals surface area contributed by atoms with Crippen LogP contribution < -0.4 is 16.0 Å². The van der Waals surface area contributed by atoms with Gasteiger partial charge in [0.2, 0.25) is 0 Å². The van der Waals surface area contributed by atoms with Crippen LogP contribution in [0.4, 0.5) is 13.6 Å². The Hall–Kier alpha value is -2.56. The molecule has 10 heteroatoms. The van der Waals surface area contributed by atoms with Gasteiger partial charge in [-0.3, -0.25) is 9.69 Å². The molecule has 0 unspecified atom stereocenters. The molecule has 1 fully saturated rings. The molecule has 3 N–H and O–H groups in total. The van der Waals surface area contributed by atoms with Crippen molar-refractivity contribution in [3.63, 3.8) is 0 Å². The van der Waals surface area contributed by atoms with Gasteiger partial charge in [-0.15, -0.1) is 11.3 Å². The second kappa shape index (κ2) is 11.2. The maximum Gasteiger partial charge on any atom is 0.315 e. The molecule has 7 nitrogen and oxygen atoms in total. The van der Waals surface area contributed by atoms with E-state index >= 15 is 0 Å². The average molecular weight is 453 g/mol. The number of nitrogens with one attached hydrogen (secondary N) is 3. The van der Waals surface area contributed by atoms with Gasteiger partial charge < -0.3 is 20.7 Å². The second-order valence-electron chi connectivity index (χ2n) is 7.22. The predicted octanol–water partition coefficient (Wildman–Crippen LogP) is 2.48. The molecular formula is C21H26F2N4O3S. The topological polar surface area (TPSA) is 82.7 Å². The first kappa shape index (κ1) is 23.1. The molecule has 0 spiro atoms. The van der Waals surface area contributed by atoms with E-state index in [0.29, 0.717) is 56.3 Å². The lowest BCUT2D eigenvalue weighted by Crippen LogP contribution is -2.48. The summed E-state index contributed by atoms with van der Waals surface area (Å²) in [4.78, 5) is 26.6. The van der Waals surface area contributed by atoms with Crippen molar-refractivity contribution < 1.29 is 23.1 Å². The van der Waals surface area contributed by atoms with Gasteiger partial charge >= 0.3 is 6.03 Å². The van der Waals surface area contributed by atoms with Crippen molar-refractivity contribution in [1.82, 2.24) is 20.9 Å². The Morgan fingerprint density at radius 2 is 2.00 bits per heavy atom. The Morgan fingerprint density at radius 3 is 2.77 bits per heavy atom. The van der Waals surface area contributed by atoms with Crippen LogP contribution in [-0.4, -0.2) is 55.7 Å². The number of carbonyl (C=O) groups is 2. The van der Waals surface area contributed by atoms with Crippen molar-refractivity contribution in [2.45, 2.75) is 26.1 Å². The standard InChI is InChI=1S/C21H26F2N4O3S/c1-2-24-20(28)19-8-15(13-31-19)9-25-21(29)26-10-16-12-27(5-6-30-16)11-14-3-4-17(22)18(23)7-14/h3-4,7-8,13,16H,2,5-6,9-12H2,1H3,(H,24,28)(H2,25,26,29)/t16-/m0/s1. The Kier molecular flexibility index (Phi) is 8.33. The minimum Gasteiger partial charge on any atom is -0.374 e. The van der Waals surface area contributed by atoms with Crippen LogP contribution in [0, 0.1) is 11.6 Å². The monoisotopic (exact) mass is 452 g/mol. The van der Waals surface area contributed by atoms with Crippen LogP contribution in [-0.2, 0) is 17.8 Å². The molecule has 31 heavy (non-hydrogen) atoms. The van der Waals surface area contributed by atoms with Crippen LogP contribution in [0.5, 0.6) is 0 Å². The van der Waals surface area contributed by atoms with E-state index in [1.165, 1.54) is 17.4 Å². The highest BCUT2D eigenvalue weighted by atomic mass is 32.1. The van der Waals surface area contributed by atoms with Crippen LogP contribution in [0.2, 0.25) is 0 Å². The normalized spacial score (nSPS) is 16.7. The van der Waals surface area contributed by atoms with Crippen molar-refractivity contribution in [2.75, 3.05) is 32.8 Å². The number of amides is 3. The molecule has 168 valence electrons. The zero-order valence-corrected chi connectivity index (χ0v) is 18.1. The molecule has 0 radical (unpaired) electrons. The number of hydrogen-bond acceptors (Lipinski definition) is 5. The van der Waals surface area contributed by atoms with E-state index in [1.807, 2.05) is 12.3 Å². The summed E-state index contributed by atoms with van der Waals surface area (Å²) in [6.45, 7) is 5.28. The second-order valence-corrected chi connectivity index (χ2v) is 8.13. The van der Waals surface area contributed by atoms with E-state index in [2.05, 4.69) is 20.9 Å². The Balaban J connectivity index is 1.39. The zero-order chi connectivity index (χ0) is 22.2. The number of nitrogens with zero attached hydrogens (tertiary/aromatic N) is 1. The summed E-state index contributed by atoms with van der Waals surface area (Å²) in [5.41, 5.74) is 1.54. The lowest BCUT2D eigenvalue weighted by atomic mass is 10.1. The lowest BCUT2D eigenvalue weighted by Gasteiger charge is -2.33. The smallest absolute Gasteiger partial charge is 0.315 e. The number of urea groups is 1. The molecule has 1 aliphatic heterocycles. The molecule has 1 aromatic carbocycles. The van der Waals surface area contributed by atoms with Crippen molar-refractivity contribution in [1.29, 1.82) is 0 Å². The summed E-state index contributed by atoms with van der Waals surface area (Å²) < 4.78 is 32.2. The predicted molar refractivity (Wildman–Crippen MR) is 114 cm³/mol. The molecule has 1 saturated heterocycles. The first-order chi connectivity index (χ1) is 14.9. The van der Waals surface area contributed by atoms with Gasteiger partial charge in [-0.1, -0.05) is 6.07 Å². The van der Waals surface area contributed by atoms with Crippen molar-refractivity contribution in [3.05, 3.63) is 57.3 Å². The lowest BCUT2D eigenvalue weighted by molar-refractivity contribution is -0.0287. The Morgan fingerprint density at radius 1 is 1.16 bits per heavy atom. The maximum atomic E-state index is 13.4. The van der Waals surface area contributed by atoms with Gasteiger partial charge in [-0.05, 0) is 41.6 Å². The van der Waals surface area contributed by atoms with Crippen molar-refractivity contribution >= 4 is 23.3 Å². The highest BCUT2D eigenvalue weighted by molar-refractivity contribution is 7.12. The van der Waals surface area contributed by atoms with Crippen LogP contribution in [0.3, 0.4) is 0 Å². The summed E-state index contributed by atoms with van der Waals surface area (Å²) in [7, 11) is 0. The molecule has 0 aliphatic carbocycles. The number of halogens is 2. The van der Waals surface area contributed by atoms with E-state index in [0.717, 1.165) is 11.6 Å². The molecule has 0 saturated carbocycles. The molecule has 3 amide bonds. The first-order valence-electron chi connectivity index (χ1n) is 10.1. The number of morpholine rings is 1. The molecule has 3 rings (SSSR count). The number of benzene rings is 1.